The molecule has 6 amide bonds. The van der Waals surface area contributed by atoms with Gasteiger partial charge in [-0.25, -0.2) is 33.6 Å². The Kier molecular flexibility index (Phi) is 24.3. The van der Waals surface area contributed by atoms with Gasteiger partial charge in [-0.15, -0.1) is 0 Å². The molecule has 1 rings (SSSR count). The van der Waals surface area contributed by atoms with E-state index in [1.54, 1.807) is 30.3 Å². The van der Waals surface area contributed by atoms with E-state index in [0.29, 0.717) is 5.56 Å². The molecule has 1 aromatic carbocycles. The number of carboxylic acids is 7. The first-order valence-electron chi connectivity index (χ1n) is 19.5. The molecule has 13 N–H and O–H groups in total. The highest BCUT2D eigenvalue weighted by atomic mass is 16.5. The lowest BCUT2D eigenvalue weighted by molar-refractivity contribution is -0.144. The molecule has 0 saturated heterocycles. The number of hydrogen-bond donors (Lipinski definition) is 13. The van der Waals surface area contributed by atoms with E-state index < -0.39 is 191 Å². The van der Waals surface area contributed by atoms with Gasteiger partial charge in [0.15, 0.2) is 0 Å². The van der Waals surface area contributed by atoms with Gasteiger partial charge in [-0.2, -0.15) is 0 Å². The Morgan fingerprint density at radius 3 is 0.862 bits per heavy atom. The van der Waals surface area contributed by atoms with Crippen molar-refractivity contribution in [3.63, 3.8) is 0 Å². The number of carbonyl (C=O) groups excluding carboxylic acids is 6. The van der Waals surface area contributed by atoms with Gasteiger partial charge in [-0.3, -0.25) is 28.8 Å². The van der Waals surface area contributed by atoms with E-state index in [1.807, 2.05) is 5.32 Å². The standard InChI is InChI=1S/C38H50N6O21/c45-26(39-20(32(52)53)7-13-27(46)41-22(34(56)57)9-15-29(48)43-24(36(60)61)11-17-31(50)51)12-6-21(33(54)55)40-28(47)14-8-23(35(58)59)42-30(49)16-10-25(37(62)63)44-38(64)65-18-19-4-2-1-3-5-19/h1-5,20-25H,6-18H2,(H,39,45)(H,40,47)(H,41,46)(H,42,49)(H,43,48)(H,44,64)(H,50,51)(H,52,53)(H,54,55)(H,56,57)(H,58,59)(H,60,61)(H,62,63)/t20-,21-,22-,23-,24-,25-/m0/s1. The molecule has 0 aliphatic carbocycles. The van der Waals surface area contributed by atoms with Gasteiger partial charge in [-0.05, 0) is 44.1 Å². The summed E-state index contributed by atoms with van der Waals surface area (Å²) < 4.78 is 4.96. The van der Waals surface area contributed by atoms with Crippen LogP contribution in [0.25, 0.3) is 0 Å². The molecule has 0 fully saturated rings. The maximum atomic E-state index is 12.6. The van der Waals surface area contributed by atoms with E-state index in [1.165, 1.54) is 0 Å². The van der Waals surface area contributed by atoms with Crippen molar-refractivity contribution in [2.24, 2.45) is 0 Å². The average Bonchev–Trinajstić information content (AvgIpc) is 3.22. The van der Waals surface area contributed by atoms with E-state index in [0.717, 1.165) is 0 Å². The van der Waals surface area contributed by atoms with Crippen LogP contribution >= 0.6 is 0 Å². The molecule has 358 valence electrons. The summed E-state index contributed by atoms with van der Waals surface area (Å²) >= 11 is 0. The van der Waals surface area contributed by atoms with Crippen LogP contribution in [0.2, 0.25) is 0 Å². The van der Waals surface area contributed by atoms with Crippen molar-refractivity contribution in [3.05, 3.63) is 35.9 Å². The number of benzene rings is 1. The van der Waals surface area contributed by atoms with Gasteiger partial charge >= 0.3 is 47.9 Å². The van der Waals surface area contributed by atoms with Crippen molar-refractivity contribution in [1.29, 1.82) is 0 Å². The smallest absolute Gasteiger partial charge is 0.408 e. The number of aliphatic carboxylic acids is 7. The van der Waals surface area contributed by atoms with Crippen LogP contribution in [0.15, 0.2) is 30.3 Å². The normalized spacial score (nSPS) is 13.4. The Morgan fingerprint density at radius 1 is 0.369 bits per heavy atom. The molecule has 27 nitrogen and oxygen atoms in total. The number of hydrogen-bond acceptors (Lipinski definition) is 14. The average molecular weight is 927 g/mol. The molecule has 0 aliphatic heterocycles. The van der Waals surface area contributed by atoms with Gasteiger partial charge in [0.2, 0.25) is 29.5 Å². The zero-order chi connectivity index (χ0) is 49.2. The molecule has 0 bridgehead atoms. The Bertz CT molecular complexity index is 1910. The fourth-order valence-electron chi connectivity index (χ4n) is 5.43. The molecular weight excluding hydrogens is 876 g/mol. The van der Waals surface area contributed by atoms with Gasteiger partial charge in [0.1, 0.15) is 42.9 Å². The maximum absolute atomic E-state index is 12.6. The third-order valence-corrected chi connectivity index (χ3v) is 8.92. The van der Waals surface area contributed by atoms with Crippen LogP contribution < -0.4 is 31.9 Å². The third kappa shape index (κ3) is 23.8. The first-order chi connectivity index (χ1) is 30.5. The van der Waals surface area contributed by atoms with Crippen LogP contribution in [0.5, 0.6) is 0 Å². The van der Waals surface area contributed by atoms with Crippen LogP contribution in [-0.2, 0) is 68.9 Å². The van der Waals surface area contributed by atoms with Crippen molar-refractivity contribution < 1.29 is 103 Å². The maximum Gasteiger partial charge on any atom is 0.408 e. The number of nitrogens with one attached hydrogen (secondary N) is 6. The summed E-state index contributed by atoms with van der Waals surface area (Å²) in [4.78, 5) is 155. The number of ether oxygens (including phenoxy) is 1. The summed E-state index contributed by atoms with van der Waals surface area (Å²) in [6.07, 6.45) is -8.22. The molecule has 0 spiro atoms. The molecule has 1 aromatic rings. The van der Waals surface area contributed by atoms with Crippen molar-refractivity contribution in [2.45, 2.75) is 120 Å². The van der Waals surface area contributed by atoms with Crippen molar-refractivity contribution in [3.8, 4) is 0 Å². The second kappa shape index (κ2) is 28.7. The monoisotopic (exact) mass is 926 g/mol. The lowest BCUT2D eigenvalue weighted by Crippen LogP contribution is -2.46. The summed E-state index contributed by atoms with van der Waals surface area (Å²) in [7, 11) is 0. The summed E-state index contributed by atoms with van der Waals surface area (Å²) in [5.41, 5.74) is 0.615. The molecule has 6 atom stereocenters. The number of carboxylic acid groups (broad SMARTS) is 7. The summed E-state index contributed by atoms with van der Waals surface area (Å²) in [6.45, 7) is -0.174. The minimum Gasteiger partial charge on any atom is -0.481 e. The molecule has 0 unspecified atom stereocenters. The van der Waals surface area contributed by atoms with Crippen LogP contribution in [0, 0.1) is 0 Å². The van der Waals surface area contributed by atoms with E-state index >= 15 is 0 Å². The number of amides is 6. The van der Waals surface area contributed by atoms with Crippen molar-refractivity contribution >= 4 is 77.4 Å². The fourth-order valence-corrected chi connectivity index (χ4v) is 5.43. The van der Waals surface area contributed by atoms with E-state index in [9.17, 15) is 87.9 Å². The van der Waals surface area contributed by atoms with Gasteiger partial charge in [0.05, 0.1) is 0 Å². The molecule has 65 heavy (non-hydrogen) atoms. The first kappa shape index (κ1) is 55.1. The lowest BCUT2D eigenvalue weighted by Gasteiger charge is -2.19. The molecule has 0 radical (unpaired) electrons. The predicted octanol–water partition coefficient (Wildman–Crippen LogP) is -2.02. The second-order valence-electron chi connectivity index (χ2n) is 14.0. The van der Waals surface area contributed by atoms with Gasteiger partial charge in [0.25, 0.3) is 0 Å². The van der Waals surface area contributed by atoms with Gasteiger partial charge < -0.3 is 72.4 Å². The quantitative estimate of drug-likeness (QED) is 0.0371. The zero-order valence-corrected chi connectivity index (χ0v) is 34.4. The minimum atomic E-state index is -1.75. The molecule has 0 aromatic heterocycles. The first-order valence-corrected chi connectivity index (χ1v) is 19.5. The molecule has 0 saturated carbocycles. The highest BCUT2D eigenvalue weighted by molar-refractivity contribution is 5.89. The molecular formula is C38H50N6O21. The SMILES string of the molecule is O=C(O)CC[C@H](NC(=O)CC[C@H](NC(=O)CC[C@H](NC(=O)CC[C@H](NC(=O)CC[C@H](NC(=O)CC[C@H](NC(=O)OCc1ccccc1)C(=O)O)C(=O)O)C(=O)O)C(=O)O)C(=O)O)C(=O)O. The molecule has 0 aliphatic rings. The second-order valence-corrected chi connectivity index (χ2v) is 14.0. The van der Waals surface area contributed by atoms with E-state index in [-0.39, 0.29) is 6.61 Å². The topological polar surface area (TPSA) is 445 Å². The number of rotatable bonds is 32. The third-order valence-electron chi connectivity index (χ3n) is 8.92. The Labute approximate surface area is 367 Å². The number of carbonyl (C=O) groups is 13. The Balaban J connectivity index is 2.63. The predicted molar refractivity (Wildman–Crippen MR) is 212 cm³/mol. The lowest BCUT2D eigenvalue weighted by atomic mass is 10.1. The summed E-state index contributed by atoms with van der Waals surface area (Å²) in [6, 6.07) is -1.69. The van der Waals surface area contributed by atoms with Gasteiger partial charge in [0, 0.05) is 38.5 Å². The molecule has 27 heteroatoms. The van der Waals surface area contributed by atoms with Crippen molar-refractivity contribution in [2.75, 3.05) is 0 Å². The largest absolute Gasteiger partial charge is 0.481 e. The minimum absolute atomic E-state index is 0.174. The van der Waals surface area contributed by atoms with E-state index in [2.05, 4.69) is 26.6 Å². The highest BCUT2D eigenvalue weighted by Gasteiger charge is 2.29. The van der Waals surface area contributed by atoms with Crippen LogP contribution in [-0.4, -0.2) is 149 Å². The van der Waals surface area contributed by atoms with Crippen LogP contribution in [0.3, 0.4) is 0 Å². The zero-order valence-electron chi connectivity index (χ0n) is 34.4. The van der Waals surface area contributed by atoms with Gasteiger partial charge in [-0.1, -0.05) is 30.3 Å². The van der Waals surface area contributed by atoms with Crippen LogP contribution in [0.1, 0.15) is 82.6 Å². The molecule has 0 heterocycles. The summed E-state index contributed by atoms with van der Waals surface area (Å²) in [5.74, 6) is -15.9. The number of alkyl carbamates (subject to hydrolysis) is 1. The Morgan fingerprint density at radius 2 is 0.615 bits per heavy atom. The fraction of sp³-hybridized carbons (Fsp3) is 0.500. The summed E-state index contributed by atoms with van der Waals surface area (Å²) in [5, 5.41) is 77.8. The van der Waals surface area contributed by atoms with Crippen molar-refractivity contribution in [1.82, 2.24) is 31.9 Å². The van der Waals surface area contributed by atoms with Crippen LogP contribution in [0.4, 0.5) is 4.79 Å². The highest BCUT2D eigenvalue weighted by Crippen LogP contribution is 2.09. The van der Waals surface area contributed by atoms with E-state index in [4.69, 9.17) is 14.9 Å². The Hall–Kier alpha value is -7.87.